The molecule has 0 radical (unpaired) electrons. The van der Waals surface area contributed by atoms with Gasteiger partial charge >= 0.3 is 0 Å². The highest BCUT2D eigenvalue weighted by Gasteiger charge is 2.35. The van der Waals surface area contributed by atoms with Gasteiger partial charge in [-0.15, -0.1) is 0 Å². The molecule has 1 saturated heterocycles. The first kappa shape index (κ1) is 16.7. The summed E-state index contributed by atoms with van der Waals surface area (Å²) < 4.78 is 3.87. The standard InChI is InChI=1S/C17H26N6O/c1-10-7-11(2)23(19-10)15-8-22(9-15)14(5)17(24)18-16-12(3)20-21(6)13(16)4/h7,14-15H,8-9H2,1-6H3,(H,18,24)/t14-/m1/s1. The SMILES string of the molecule is Cc1cc(C)n(C2CN([C@H](C)C(=O)Nc3c(C)nn(C)c3C)C2)n1. The van der Waals surface area contributed by atoms with E-state index in [9.17, 15) is 4.79 Å². The Morgan fingerprint density at radius 3 is 2.42 bits per heavy atom. The summed E-state index contributed by atoms with van der Waals surface area (Å²) in [6.07, 6.45) is 0. The van der Waals surface area contributed by atoms with Crippen molar-refractivity contribution in [1.29, 1.82) is 0 Å². The first-order valence-electron chi connectivity index (χ1n) is 8.35. The van der Waals surface area contributed by atoms with E-state index in [0.717, 1.165) is 35.9 Å². The van der Waals surface area contributed by atoms with Crippen LogP contribution in [0, 0.1) is 27.7 Å². The maximum absolute atomic E-state index is 12.6. The van der Waals surface area contributed by atoms with Gasteiger partial charge in [0.05, 0.1) is 34.9 Å². The van der Waals surface area contributed by atoms with Crippen molar-refractivity contribution in [2.45, 2.75) is 46.7 Å². The molecule has 1 N–H and O–H groups in total. The monoisotopic (exact) mass is 330 g/mol. The second kappa shape index (κ2) is 6.05. The van der Waals surface area contributed by atoms with Crippen LogP contribution in [-0.2, 0) is 11.8 Å². The van der Waals surface area contributed by atoms with Gasteiger partial charge in [0.25, 0.3) is 0 Å². The van der Waals surface area contributed by atoms with Gasteiger partial charge in [-0.25, -0.2) is 0 Å². The molecule has 0 saturated carbocycles. The Labute approximate surface area is 142 Å². The van der Waals surface area contributed by atoms with Crippen molar-refractivity contribution < 1.29 is 4.79 Å². The van der Waals surface area contributed by atoms with Gasteiger partial charge in [0.1, 0.15) is 0 Å². The van der Waals surface area contributed by atoms with Gasteiger partial charge in [0.2, 0.25) is 5.91 Å². The fourth-order valence-electron chi connectivity index (χ4n) is 3.32. The molecule has 0 unspecified atom stereocenters. The zero-order chi connectivity index (χ0) is 17.6. The molecule has 1 aliphatic rings. The normalized spacial score (nSPS) is 16.9. The van der Waals surface area contributed by atoms with Crippen LogP contribution in [0.1, 0.15) is 35.7 Å². The van der Waals surface area contributed by atoms with Gasteiger partial charge in [-0.05, 0) is 40.7 Å². The maximum atomic E-state index is 12.6. The number of hydrogen-bond donors (Lipinski definition) is 1. The lowest BCUT2D eigenvalue weighted by Crippen LogP contribution is -2.55. The Kier molecular flexibility index (Phi) is 4.21. The van der Waals surface area contributed by atoms with Crippen molar-refractivity contribution in [1.82, 2.24) is 24.5 Å². The number of aryl methyl sites for hydroxylation is 4. The van der Waals surface area contributed by atoms with Gasteiger partial charge in [-0.3, -0.25) is 19.1 Å². The maximum Gasteiger partial charge on any atom is 0.241 e. The molecule has 1 aliphatic heterocycles. The van der Waals surface area contributed by atoms with Crippen molar-refractivity contribution in [2.75, 3.05) is 18.4 Å². The molecule has 1 fully saturated rings. The molecule has 24 heavy (non-hydrogen) atoms. The van der Waals surface area contributed by atoms with Crippen molar-refractivity contribution in [2.24, 2.45) is 7.05 Å². The van der Waals surface area contributed by atoms with Crippen LogP contribution in [0.4, 0.5) is 5.69 Å². The van der Waals surface area contributed by atoms with E-state index in [4.69, 9.17) is 0 Å². The zero-order valence-corrected chi connectivity index (χ0v) is 15.3. The average molecular weight is 330 g/mol. The summed E-state index contributed by atoms with van der Waals surface area (Å²) in [4.78, 5) is 14.7. The molecule has 7 nitrogen and oxygen atoms in total. The van der Waals surface area contributed by atoms with Gasteiger partial charge in [-0.2, -0.15) is 10.2 Å². The Morgan fingerprint density at radius 1 is 1.25 bits per heavy atom. The summed E-state index contributed by atoms with van der Waals surface area (Å²) in [5.74, 6) is 0.0148. The van der Waals surface area contributed by atoms with Crippen molar-refractivity contribution in [3.05, 3.63) is 28.8 Å². The third-order valence-corrected chi connectivity index (χ3v) is 4.97. The lowest BCUT2D eigenvalue weighted by molar-refractivity contribution is -0.123. The topological polar surface area (TPSA) is 68.0 Å². The zero-order valence-electron chi connectivity index (χ0n) is 15.3. The molecule has 3 rings (SSSR count). The number of nitrogens with zero attached hydrogens (tertiary/aromatic N) is 5. The predicted molar refractivity (Wildman–Crippen MR) is 93.1 cm³/mol. The number of likely N-dealkylation sites (tertiary alicyclic amines) is 1. The fourth-order valence-corrected chi connectivity index (χ4v) is 3.32. The van der Waals surface area contributed by atoms with E-state index >= 15 is 0 Å². The molecule has 7 heteroatoms. The molecule has 1 atom stereocenters. The molecule has 2 aromatic rings. The molecule has 0 aromatic carbocycles. The Bertz CT molecular complexity index is 768. The van der Waals surface area contributed by atoms with Gasteiger partial charge in [-0.1, -0.05) is 0 Å². The highest BCUT2D eigenvalue weighted by molar-refractivity contribution is 5.95. The van der Waals surface area contributed by atoms with Crippen LogP contribution in [0.25, 0.3) is 0 Å². The van der Waals surface area contributed by atoms with Crippen LogP contribution in [0.2, 0.25) is 0 Å². The highest BCUT2D eigenvalue weighted by atomic mass is 16.2. The van der Waals surface area contributed by atoms with Crippen LogP contribution >= 0.6 is 0 Å². The quantitative estimate of drug-likeness (QED) is 0.927. The number of anilines is 1. The number of hydrogen-bond acceptors (Lipinski definition) is 4. The van der Waals surface area contributed by atoms with E-state index in [2.05, 4.69) is 38.1 Å². The third kappa shape index (κ3) is 2.84. The average Bonchev–Trinajstić information content (AvgIpc) is 2.91. The third-order valence-electron chi connectivity index (χ3n) is 4.97. The first-order chi connectivity index (χ1) is 11.3. The van der Waals surface area contributed by atoms with E-state index < -0.39 is 0 Å². The Hall–Kier alpha value is -2.15. The smallest absolute Gasteiger partial charge is 0.241 e. The number of rotatable bonds is 4. The Morgan fingerprint density at radius 2 is 1.92 bits per heavy atom. The van der Waals surface area contributed by atoms with E-state index in [0.29, 0.717) is 6.04 Å². The minimum atomic E-state index is -0.169. The van der Waals surface area contributed by atoms with E-state index in [1.54, 1.807) is 4.68 Å². The molecular formula is C17H26N6O. The largest absolute Gasteiger partial charge is 0.322 e. The second-order valence-corrected chi connectivity index (χ2v) is 6.81. The number of carbonyl (C=O) groups excluding carboxylic acids is 1. The molecule has 0 bridgehead atoms. The van der Waals surface area contributed by atoms with Crippen LogP contribution in [0.15, 0.2) is 6.07 Å². The minimum Gasteiger partial charge on any atom is -0.322 e. The molecular weight excluding hydrogens is 304 g/mol. The van der Waals surface area contributed by atoms with Gasteiger partial charge in [0.15, 0.2) is 0 Å². The van der Waals surface area contributed by atoms with Crippen LogP contribution < -0.4 is 5.32 Å². The number of carbonyl (C=O) groups is 1. The predicted octanol–water partition coefficient (Wildman–Crippen LogP) is 1.73. The van der Waals surface area contributed by atoms with Crippen molar-refractivity contribution >= 4 is 11.6 Å². The van der Waals surface area contributed by atoms with Crippen LogP contribution in [-0.4, -0.2) is 49.5 Å². The highest BCUT2D eigenvalue weighted by Crippen LogP contribution is 2.26. The summed E-state index contributed by atoms with van der Waals surface area (Å²) in [5, 5.41) is 11.9. The molecule has 1 amide bonds. The number of amides is 1. The summed E-state index contributed by atoms with van der Waals surface area (Å²) >= 11 is 0. The van der Waals surface area contributed by atoms with E-state index in [1.807, 2.05) is 34.7 Å². The van der Waals surface area contributed by atoms with Crippen molar-refractivity contribution in [3.63, 3.8) is 0 Å². The molecule has 0 spiro atoms. The number of aromatic nitrogens is 4. The lowest BCUT2D eigenvalue weighted by Gasteiger charge is -2.42. The van der Waals surface area contributed by atoms with Gasteiger partial charge < -0.3 is 5.32 Å². The Balaban J connectivity index is 1.61. The summed E-state index contributed by atoms with van der Waals surface area (Å²) in [6, 6.07) is 2.28. The minimum absolute atomic E-state index is 0.0148. The number of nitrogens with one attached hydrogen (secondary N) is 1. The molecule has 3 heterocycles. The molecule has 130 valence electrons. The van der Waals surface area contributed by atoms with Crippen LogP contribution in [0.5, 0.6) is 0 Å². The van der Waals surface area contributed by atoms with E-state index in [1.165, 1.54) is 5.69 Å². The molecule has 2 aromatic heterocycles. The summed E-state index contributed by atoms with van der Waals surface area (Å²) in [6.45, 7) is 11.6. The molecule has 0 aliphatic carbocycles. The lowest BCUT2D eigenvalue weighted by atomic mass is 10.1. The van der Waals surface area contributed by atoms with E-state index in [-0.39, 0.29) is 11.9 Å². The van der Waals surface area contributed by atoms with Crippen LogP contribution in [0.3, 0.4) is 0 Å². The fraction of sp³-hybridized carbons (Fsp3) is 0.588. The summed E-state index contributed by atoms with van der Waals surface area (Å²) in [7, 11) is 1.88. The first-order valence-corrected chi connectivity index (χ1v) is 8.35. The second-order valence-electron chi connectivity index (χ2n) is 6.81. The summed E-state index contributed by atoms with van der Waals surface area (Å²) in [5.41, 5.74) is 4.86. The van der Waals surface area contributed by atoms with Crippen molar-refractivity contribution in [3.8, 4) is 0 Å². The van der Waals surface area contributed by atoms with Gasteiger partial charge in [0, 0.05) is 25.8 Å².